The van der Waals surface area contributed by atoms with Gasteiger partial charge in [0.1, 0.15) is 18.2 Å². The lowest BCUT2D eigenvalue weighted by Gasteiger charge is -2.07. The molecule has 0 unspecified atom stereocenters. The van der Waals surface area contributed by atoms with Crippen molar-refractivity contribution in [1.82, 2.24) is 0 Å². The average Bonchev–Trinajstić information content (AvgIpc) is 3.11. The molecule has 0 aliphatic carbocycles. The highest BCUT2D eigenvalue weighted by molar-refractivity contribution is 6.14. The number of rotatable bonds is 3. The molecule has 0 radical (unpaired) electrons. The normalized spacial score (nSPS) is 11.8. The molecule has 0 aliphatic rings. The lowest BCUT2D eigenvalue weighted by atomic mass is 9.96. The summed E-state index contributed by atoms with van der Waals surface area (Å²) in [6.45, 7) is 8.17. The summed E-state index contributed by atoms with van der Waals surface area (Å²) in [4.78, 5) is 0. The van der Waals surface area contributed by atoms with Crippen molar-refractivity contribution in [3.8, 4) is 11.3 Å². The van der Waals surface area contributed by atoms with Gasteiger partial charge in [-0.3, -0.25) is 0 Å². The lowest BCUT2D eigenvalue weighted by molar-refractivity contribution is -0.660. The van der Waals surface area contributed by atoms with Crippen molar-refractivity contribution < 1.29 is 8.98 Å². The minimum Gasteiger partial charge on any atom is -0.455 e. The standard InChI is InChI=1S/C28H24NO/c1-5-9-21-19(6-2)12-13-20-16-24-22-14-11-18(3)27(25-10-7-8-15-29(25)4)28(22)30-26(24)17-23(20)21/h5-17H,2H2,1,3-4H3/q+1/b9-5-. The third kappa shape index (κ3) is 2.68. The molecule has 0 spiro atoms. The van der Waals surface area contributed by atoms with Crippen LogP contribution in [0.4, 0.5) is 0 Å². The van der Waals surface area contributed by atoms with Crippen molar-refractivity contribution >= 4 is 44.9 Å². The summed E-state index contributed by atoms with van der Waals surface area (Å²) in [6, 6.07) is 19.4. The monoisotopic (exact) mass is 390 g/mol. The quantitative estimate of drug-likeness (QED) is 0.297. The molecule has 0 fully saturated rings. The molecule has 30 heavy (non-hydrogen) atoms. The molecule has 5 aromatic rings. The molecule has 2 heteroatoms. The average molecular weight is 391 g/mol. The van der Waals surface area contributed by atoms with E-state index in [1.54, 1.807) is 0 Å². The molecule has 0 amide bonds. The van der Waals surface area contributed by atoms with Crippen LogP contribution >= 0.6 is 0 Å². The number of aromatic nitrogens is 1. The van der Waals surface area contributed by atoms with Crippen molar-refractivity contribution in [2.24, 2.45) is 7.05 Å². The Morgan fingerprint density at radius 1 is 0.967 bits per heavy atom. The van der Waals surface area contributed by atoms with Gasteiger partial charge in [0.05, 0.1) is 5.56 Å². The first kappa shape index (κ1) is 18.4. The Balaban J connectivity index is 1.90. The van der Waals surface area contributed by atoms with Crippen molar-refractivity contribution in [3.05, 3.63) is 90.1 Å². The van der Waals surface area contributed by atoms with Crippen molar-refractivity contribution in [2.45, 2.75) is 13.8 Å². The van der Waals surface area contributed by atoms with E-state index in [0.29, 0.717) is 0 Å². The number of pyridine rings is 1. The van der Waals surface area contributed by atoms with Crippen molar-refractivity contribution in [1.29, 1.82) is 0 Å². The number of nitrogens with zero attached hydrogens (tertiary/aromatic N) is 1. The molecule has 0 N–H and O–H groups in total. The van der Waals surface area contributed by atoms with Crippen molar-refractivity contribution in [2.75, 3.05) is 0 Å². The molecule has 0 saturated carbocycles. The second kappa shape index (κ2) is 7.00. The first-order chi connectivity index (χ1) is 14.6. The highest BCUT2D eigenvalue weighted by Crippen LogP contribution is 2.39. The van der Waals surface area contributed by atoms with E-state index in [1.165, 1.54) is 21.9 Å². The molecule has 0 aliphatic heterocycles. The van der Waals surface area contributed by atoms with Gasteiger partial charge in [-0.25, -0.2) is 4.57 Å². The largest absolute Gasteiger partial charge is 0.455 e. The summed E-state index contributed by atoms with van der Waals surface area (Å²) in [6.07, 6.45) is 8.20. The molecular formula is C28H24NO+. The molecule has 2 nitrogen and oxygen atoms in total. The maximum absolute atomic E-state index is 6.53. The van der Waals surface area contributed by atoms with Crippen LogP contribution in [0.2, 0.25) is 0 Å². The molecule has 0 bridgehead atoms. The fourth-order valence-corrected chi connectivity index (χ4v) is 4.43. The number of hydrogen-bond donors (Lipinski definition) is 0. The minimum absolute atomic E-state index is 0.912. The number of fused-ring (bicyclic) bond motifs is 4. The smallest absolute Gasteiger partial charge is 0.216 e. The predicted molar refractivity (Wildman–Crippen MR) is 127 cm³/mol. The molecule has 0 saturated heterocycles. The highest BCUT2D eigenvalue weighted by atomic mass is 16.3. The van der Waals surface area contributed by atoms with Crippen LogP contribution in [0.5, 0.6) is 0 Å². The zero-order valence-electron chi connectivity index (χ0n) is 17.6. The van der Waals surface area contributed by atoms with Crippen LogP contribution in [-0.2, 0) is 7.05 Å². The fourth-order valence-electron chi connectivity index (χ4n) is 4.43. The van der Waals surface area contributed by atoms with E-state index in [2.05, 4.69) is 92.0 Å². The fraction of sp³-hybridized carbons (Fsp3) is 0.107. The van der Waals surface area contributed by atoms with Gasteiger partial charge in [0.15, 0.2) is 6.20 Å². The minimum atomic E-state index is 0.912. The van der Waals surface area contributed by atoms with Crippen molar-refractivity contribution in [3.63, 3.8) is 0 Å². The zero-order valence-corrected chi connectivity index (χ0v) is 17.6. The van der Waals surface area contributed by atoms with Crippen LogP contribution in [0.15, 0.2) is 77.9 Å². The first-order valence-corrected chi connectivity index (χ1v) is 10.2. The van der Waals surface area contributed by atoms with E-state index in [-0.39, 0.29) is 0 Å². The Kier molecular flexibility index (Phi) is 4.29. The first-order valence-electron chi connectivity index (χ1n) is 10.2. The number of benzene rings is 3. The second-order valence-electron chi connectivity index (χ2n) is 7.78. The molecule has 5 rings (SSSR count). The van der Waals surface area contributed by atoms with E-state index in [1.807, 2.05) is 19.1 Å². The third-order valence-electron chi connectivity index (χ3n) is 5.93. The van der Waals surface area contributed by atoms with Crippen LogP contribution in [0, 0.1) is 6.92 Å². The summed E-state index contributed by atoms with van der Waals surface area (Å²) < 4.78 is 8.67. The lowest BCUT2D eigenvalue weighted by Crippen LogP contribution is -2.30. The van der Waals surface area contributed by atoms with E-state index in [4.69, 9.17) is 4.42 Å². The third-order valence-corrected chi connectivity index (χ3v) is 5.93. The van der Waals surface area contributed by atoms with Gasteiger partial charge in [-0.2, -0.15) is 0 Å². The zero-order chi connectivity index (χ0) is 20.8. The van der Waals surface area contributed by atoms with Gasteiger partial charge in [0.2, 0.25) is 5.69 Å². The molecule has 3 aromatic carbocycles. The van der Waals surface area contributed by atoms with Crippen LogP contribution < -0.4 is 4.57 Å². The number of furan rings is 1. The Morgan fingerprint density at radius 2 is 1.83 bits per heavy atom. The van der Waals surface area contributed by atoms with Gasteiger partial charge in [-0.1, -0.05) is 49.1 Å². The summed E-state index contributed by atoms with van der Waals surface area (Å²) >= 11 is 0. The van der Waals surface area contributed by atoms with E-state index < -0.39 is 0 Å². The topological polar surface area (TPSA) is 17.0 Å². The van der Waals surface area contributed by atoms with E-state index in [9.17, 15) is 0 Å². The summed E-state index contributed by atoms with van der Waals surface area (Å²) in [7, 11) is 2.07. The SMILES string of the molecule is C=Cc1ccc2cc3c(cc2c1/C=C\C)oc1c(-c2cccc[n+]2C)c(C)ccc13. The molecule has 2 aromatic heterocycles. The Labute approximate surface area is 176 Å². The van der Waals surface area contributed by atoms with E-state index >= 15 is 0 Å². The molecule has 2 heterocycles. The Hall–Kier alpha value is -3.65. The molecule has 0 atom stereocenters. The van der Waals surface area contributed by atoms with Gasteiger partial charge in [-0.15, -0.1) is 0 Å². The maximum Gasteiger partial charge on any atom is 0.216 e. The number of hydrogen-bond acceptors (Lipinski definition) is 1. The summed E-state index contributed by atoms with van der Waals surface area (Å²) in [5.74, 6) is 0. The summed E-state index contributed by atoms with van der Waals surface area (Å²) in [5, 5.41) is 4.68. The van der Waals surface area contributed by atoms with E-state index in [0.717, 1.165) is 38.8 Å². The number of aryl methyl sites for hydroxylation is 2. The van der Waals surface area contributed by atoms with Gasteiger partial charge >= 0.3 is 0 Å². The molecule has 146 valence electrons. The Morgan fingerprint density at radius 3 is 2.60 bits per heavy atom. The van der Waals surface area contributed by atoms with Crippen LogP contribution in [0.1, 0.15) is 23.6 Å². The van der Waals surface area contributed by atoms with Crippen LogP contribution in [0.25, 0.3) is 56.1 Å². The van der Waals surface area contributed by atoms with Crippen LogP contribution in [-0.4, -0.2) is 0 Å². The highest BCUT2D eigenvalue weighted by Gasteiger charge is 2.20. The second-order valence-corrected chi connectivity index (χ2v) is 7.78. The van der Waals surface area contributed by atoms with Gasteiger partial charge in [0.25, 0.3) is 0 Å². The Bertz CT molecular complexity index is 1480. The van der Waals surface area contributed by atoms with Gasteiger partial charge in [0, 0.05) is 22.9 Å². The van der Waals surface area contributed by atoms with Crippen LogP contribution in [0.3, 0.4) is 0 Å². The van der Waals surface area contributed by atoms with Gasteiger partial charge < -0.3 is 4.42 Å². The van der Waals surface area contributed by atoms with Gasteiger partial charge in [-0.05, 0) is 59.5 Å². The summed E-state index contributed by atoms with van der Waals surface area (Å²) in [5.41, 5.74) is 7.66. The number of allylic oxidation sites excluding steroid dienone is 1. The maximum atomic E-state index is 6.53. The predicted octanol–water partition coefficient (Wildman–Crippen LogP) is 7.22. The molecular weight excluding hydrogens is 366 g/mol.